The number of benzene rings is 2. The zero-order valence-electron chi connectivity index (χ0n) is 14.8. The molecular weight excluding hydrogens is 375 g/mol. The number of ether oxygens (including phenoxy) is 1. The molecule has 1 fully saturated rings. The van der Waals surface area contributed by atoms with Crippen LogP contribution in [0.2, 0.25) is 0 Å². The average Bonchev–Trinajstić information content (AvgIpc) is 3.14. The maximum atomic E-state index is 13.2. The van der Waals surface area contributed by atoms with E-state index >= 15 is 0 Å². The van der Waals surface area contributed by atoms with Crippen LogP contribution in [-0.2, 0) is 9.59 Å². The Morgan fingerprint density at radius 1 is 1.07 bits per heavy atom. The number of halogens is 3. The summed E-state index contributed by atoms with van der Waals surface area (Å²) in [6.07, 6.45) is -5.60. The first kappa shape index (κ1) is 19.7. The van der Waals surface area contributed by atoms with E-state index in [2.05, 4.69) is 0 Å². The van der Waals surface area contributed by atoms with Gasteiger partial charge in [-0.3, -0.25) is 9.59 Å². The van der Waals surface area contributed by atoms with Crippen molar-refractivity contribution in [3.05, 3.63) is 54.6 Å². The molecule has 2 aromatic rings. The van der Waals surface area contributed by atoms with Gasteiger partial charge in [-0.15, -0.1) is 0 Å². The number of carbonyl (C=O) groups excluding carboxylic acids is 1. The summed E-state index contributed by atoms with van der Waals surface area (Å²) in [6, 6.07) is 16.3. The Labute approximate surface area is 159 Å². The Bertz CT molecular complexity index is 869. The van der Waals surface area contributed by atoms with Crippen molar-refractivity contribution in [2.75, 3.05) is 19.7 Å². The number of hydrogen-bond donors (Lipinski definition) is 1. The molecule has 1 heterocycles. The fourth-order valence-electron chi connectivity index (χ4n) is 3.23. The van der Waals surface area contributed by atoms with Crippen molar-refractivity contribution in [2.24, 2.45) is 5.41 Å². The van der Waals surface area contributed by atoms with Crippen LogP contribution in [0.4, 0.5) is 13.2 Å². The number of carbonyl (C=O) groups is 2. The summed E-state index contributed by atoms with van der Waals surface area (Å²) in [7, 11) is 0. The Morgan fingerprint density at radius 3 is 2.32 bits per heavy atom. The molecule has 2 aromatic carbocycles. The van der Waals surface area contributed by atoms with E-state index in [-0.39, 0.29) is 6.54 Å². The first-order valence-electron chi connectivity index (χ1n) is 8.60. The Balaban J connectivity index is 1.70. The Morgan fingerprint density at radius 2 is 1.71 bits per heavy atom. The normalized spacial score (nSPS) is 19.5. The van der Waals surface area contributed by atoms with E-state index in [1.165, 1.54) is 0 Å². The highest BCUT2D eigenvalue weighted by molar-refractivity contribution is 5.82. The van der Waals surface area contributed by atoms with Gasteiger partial charge in [-0.1, -0.05) is 48.5 Å². The summed E-state index contributed by atoms with van der Waals surface area (Å²) in [5, 5.41) is 9.08. The lowest BCUT2D eigenvalue weighted by Gasteiger charge is -2.27. The van der Waals surface area contributed by atoms with Crippen LogP contribution in [0.3, 0.4) is 0 Å². The summed E-state index contributed by atoms with van der Waals surface area (Å²) in [5.74, 6) is -2.23. The summed E-state index contributed by atoms with van der Waals surface area (Å²) < 4.78 is 45.3. The van der Waals surface area contributed by atoms with Gasteiger partial charge in [0.25, 0.3) is 5.91 Å². The van der Waals surface area contributed by atoms with Crippen LogP contribution < -0.4 is 4.74 Å². The van der Waals surface area contributed by atoms with Crippen LogP contribution in [-0.4, -0.2) is 47.8 Å². The van der Waals surface area contributed by atoms with Gasteiger partial charge in [0.1, 0.15) is 5.75 Å². The summed E-state index contributed by atoms with van der Waals surface area (Å²) in [6.45, 7) is -1.67. The average molecular weight is 393 g/mol. The second-order valence-corrected chi connectivity index (χ2v) is 6.60. The number of nitrogens with zero attached hydrogens (tertiary/aromatic N) is 1. The molecule has 3 rings (SSSR count). The summed E-state index contributed by atoms with van der Waals surface area (Å²) in [5.41, 5.74) is -1.31. The number of carboxylic acids is 1. The molecule has 0 aromatic heterocycles. The van der Waals surface area contributed by atoms with Gasteiger partial charge in [0.2, 0.25) is 0 Å². The standard InChI is InChI=1S/C20H18F3NO4/c21-20(22,23)19(18(26)27)10-11-24(13-19)17(25)12-28-16-9-5-4-8-15(16)14-6-2-1-3-7-14/h1-9H,10-13H2,(H,26,27). The van der Waals surface area contributed by atoms with Crippen LogP contribution >= 0.6 is 0 Å². The van der Waals surface area contributed by atoms with Gasteiger partial charge in [-0.05, 0) is 18.1 Å². The van der Waals surface area contributed by atoms with Gasteiger partial charge >= 0.3 is 12.1 Å². The van der Waals surface area contributed by atoms with Crippen LogP contribution in [0.5, 0.6) is 5.75 Å². The predicted molar refractivity (Wildman–Crippen MR) is 94.7 cm³/mol. The molecule has 0 bridgehead atoms. The Hall–Kier alpha value is -3.03. The predicted octanol–water partition coefficient (Wildman–Crippen LogP) is 3.60. The zero-order valence-corrected chi connectivity index (χ0v) is 14.8. The number of carboxylic acid groups (broad SMARTS) is 1. The van der Waals surface area contributed by atoms with Crippen LogP contribution in [0.1, 0.15) is 6.42 Å². The molecule has 28 heavy (non-hydrogen) atoms. The van der Waals surface area contributed by atoms with E-state index in [0.29, 0.717) is 5.75 Å². The number of hydrogen-bond acceptors (Lipinski definition) is 3. The van der Waals surface area contributed by atoms with E-state index in [1.807, 2.05) is 42.5 Å². The SMILES string of the molecule is O=C(COc1ccccc1-c1ccccc1)N1CCC(C(=O)O)(C(F)(F)F)C1. The van der Waals surface area contributed by atoms with Crippen molar-refractivity contribution in [2.45, 2.75) is 12.6 Å². The van der Waals surface area contributed by atoms with Gasteiger partial charge in [0.15, 0.2) is 12.0 Å². The second-order valence-electron chi connectivity index (χ2n) is 6.60. The molecule has 0 spiro atoms. The monoisotopic (exact) mass is 393 g/mol. The first-order valence-corrected chi connectivity index (χ1v) is 8.60. The molecule has 1 unspecified atom stereocenters. The van der Waals surface area contributed by atoms with Gasteiger partial charge in [-0.25, -0.2) is 0 Å². The number of rotatable bonds is 5. The topological polar surface area (TPSA) is 66.8 Å². The maximum absolute atomic E-state index is 13.2. The molecule has 1 saturated heterocycles. The minimum atomic E-state index is -4.94. The third kappa shape index (κ3) is 3.67. The molecule has 0 saturated carbocycles. The maximum Gasteiger partial charge on any atom is 0.406 e. The van der Waals surface area contributed by atoms with Gasteiger partial charge in [-0.2, -0.15) is 13.2 Å². The molecule has 8 heteroatoms. The molecule has 0 aliphatic carbocycles. The number of likely N-dealkylation sites (tertiary alicyclic amines) is 1. The molecule has 1 aliphatic rings. The molecular formula is C20H18F3NO4. The number of alkyl halides is 3. The lowest BCUT2D eigenvalue weighted by Crippen LogP contribution is -2.48. The summed E-state index contributed by atoms with van der Waals surface area (Å²) in [4.78, 5) is 24.5. The van der Waals surface area contributed by atoms with E-state index in [9.17, 15) is 22.8 Å². The lowest BCUT2D eigenvalue weighted by molar-refractivity contribution is -0.227. The molecule has 148 valence electrons. The molecule has 5 nitrogen and oxygen atoms in total. The van der Waals surface area contributed by atoms with Crippen molar-refractivity contribution in [3.63, 3.8) is 0 Å². The fraction of sp³-hybridized carbons (Fsp3) is 0.300. The highest BCUT2D eigenvalue weighted by Crippen LogP contribution is 2.45. The minimum absolute atomic E-state index is 0.283. The Kier molecular flexibility index (Phi) is 5.31. The quantitative estimate of drug-likeness (QED) is 0.843. The number of para-hydroxylation sites is 1. The fourth-order valence-corrected chi connectivity index (χ4v) is 3.23. The summed E-state index contributed by atoms with van der Waals surface area (Å²) >= 11 is 0. The van der Waals surface area contributed by atoms with Crippen molar-refractivity contribution in [1.29, 1.82) is 0 Å². The van der Waals surface area contributed by atoms with Gasteiger partial charge in [0, 0.05) is 18.7 Å². The molecule has 1 atom stereocenters. The number of aliphatic carboxylic acids is 1. The zero-order chi connectivity index (χ0) is 20.4. The van der Waals surface area contributed by atoms with Crippen LogP contribution in [0.25, 0.3) is 11.1 Å². The molecule has 1 N–H and O–H groups in total. The molecule has 0 radical (unpaired) electrons. The molecule has 1 aliphatic heterocycles. The van der Waals surface area contributed by atoms with Crippen molar-refractivity contribution in [3.8, 4) is 16.9 Å². The van der Waals surface area contributed by atoms with Crippen LogP contribution in [0, 0.1) is 5.41 Å². The van der Waals surface area contributed by atoms with E-state index < -0.39 is 43.0 Å². The van der Waals surface area contributed by atoms with E-state index in [4.69, 9.17) is 9.84 Å². The third-order valence-corrected chi connectivity index (χ3v) is 4.90. The molecule has 1 amide bonds. The highest BCUT2D eigenvalue weighted by Gasteiger charge is 2.64. The second kappa shape index (κ2) is 7.53. The largest absolute Gasteiger partial charge is 0.483 e. The smallest absolute Gasteiger partial charge is 0.406 e. The minimum Gasteiger partial charge on any atom is -0.483 e. The van der Waals surface area contributed by atoms with Crippen molar-refractivity contribution < 1.29 is 32.6 Å². The van der Waals surface area contributed by atoms with Gasteiger partial charge < -0.3 is 14.7 Å². The van der Waals surface area contributed by atoms with Gasteiger partial charge in [0.05, 0.1) is 0 Å². The lowest BCUT2D eigenvalue weighted by atomic mass is 9.86. The van der Waals surface area contributed by atoms with Crippen molar-refractivity contribution >= 4 is 11.9 Å². The highest BCUT2D eigenvalue weighted by atomic mass is 19.4. The number of amides is 1. The van der Waals surface area contributed by atoms with E-state index in [1.54, 1.807) is 12.1 Å². The third-order valence-electron chi connectivity index (χ3n) is 4.90. The van der Waals surface area contributed by atoms with E-state index in [0.717, 1.165) is 16.0 Å². The first-order chi connectivity index (χ1) is 13.2. The van der Waals surface area contributed by atoms with Crippen molar-refractivity contribution in [1.82, 2.24) is 4.90 Å². The van der Waals surface area contributed by atoms with Crippen LogP contribution in [0.15, 0.2) is 54.6 Å².